The Kier molecular flexibility index (Phi) is 6.05. The highest BCUT2D eigenvalue weighted by molar-refractivity contribution is 9.09. The summed E-state index contributed by atoms with van der Waals surface area (Å²) in [6, 6.07) is 5.47. The predicted octanol–water partition coefficient (Wildman–Crippen LogP) is 3.07. The van der Waals surface area contributed by atoms with Crippen LogP contribution in [0.4, 0.5) is 0 Å². The van der Waals surface area contributed by atoms with E-state index in [-0.39, 0.29) is 18.2 Å². The van der Waals surface area contributed by atoms with Gasteiger partial charge in [0.05, 0.1) is 13.0 Å². The van der Waals surface area contributed by atoms with Crippen molar-refractivity contribution in [1.29, 1.82) is 0 Å². The molecule has 0 saturated carbocycles. The quantitative estimate of drug-likeness (QED) is 0.460. The maximum Gasteiger partial charge on any atom is 0.310 e. The first-order valence-electron chi connectivity index (χ1n) is 5.92. The summed E-state index contributed by atoms with van der Waals surface area (Å²) in [5.74, 6) is -0.122. The molecule has 0 fully saturated rings. The molecule has 0 atom stereocenters. The summed E-state index contributed by atoms with van der Waals surface area (Å²) in [6.45, 7) is 4.06. The number of esters is 1. The molecule has 3 nitrogen and oxygen atoms in total. The minimum Gasteiger partial charge on any atom is -0.466 e. The van der Waals surface area contributed by atoms with Crippen LogP contribution in [-0.2, 0) is 16.0 Å². The lowest BCUT2D eigenvalue weighted by Crippen LogP contribution is -2.08. The van der Waals surface area contributed by atoms with E-state index in [1.807, 2.05) is 19.1 Å². The van der Waals surface area contributed by atoms with Gasteiger partial charge >= 0.3 is 5.97 Å². The van der Waals surface area contributed by atoms with Crippen LogP contribution >= 0.6 is 15.9 Å². The van der Waals surface area contributed by atoms with Crippen LogP contribution in [0.25, 0.3) is 0 Å². The first-order valence-corrected chi connectivity index (χ1v) is 7.05. The zero-order chi connectivity index (χ0) is 13.5. The van der Waals surface area contributed by atoms with Crippen LogP contribution < -0.4 is 0 Å². The Morgan fingerprint density at radius 3 is 2.61 bits per heavy atom. The molecule has 0 heterocycles. The fourth-order valence-electron chi connectivity index (χ4n) is 1.75. The van der Waals surface area contributed by atoms with E-state index in [0.717, 1.165) is 16.7 Å². The molecule has 1 rings (SSSR count). The molecule has 1 aromatic rings. The molecule has 0 bridgehead atoms. The first-order chi connectivity index (χ1) is 8.58. The Balaban J connectivity index is 2.79. The van der Waals surface area contributed by atoms with Crippen LogP contribution in [0.1, 0.15) is 34.8 Å². The van der Waals surface area contributed by atoms with Gasteiger partial charge < -0.3 is 4.74 Å². The number of ether oxygens (including phenoxy) is 1. The first kappa shape index (κ1) is 14.9. The Bertz CT molecular complexity index is 441. The highest BCUT2D eigenvalue weighted by Crippen LogP contribution is 2.14. The number of ketones is 1. The van der Waals surface area contributed by atoms with Gasteiger partial charge in [0, 0.05) is 17.3 Å². The molecule has 0 radical (unpaired) electrons. The average molecular weight is 313 g/mol. The van der Waals surface area contributed by atoms with Crippen molar-refractivity contribution in [2.45, 2.75) is 26.7 Å². The molecule has 1 aromatic carbocycles. The molecule has 0 aliphatic carbocycles. The second-order valence-corrected chi connectivity index (χ2v) is 4.79. The van der Waals surface area contributed by atoms with E-state index < -0.39 is 0 Å². The summed E-state index contributed by atoms with van der Waals surface area (Å²) < 4.78 is 4.89. The molecule has 0 aliphatic rings. The van der Waals surface area contributed by atoms with Gasteiger partial charge in [0.15, 0.2) is 5.78 Å². The number of carbonyl (C=O) groups excluding carboxylic acids is 2. The third-order valence-corrected chi connectivity index (χ3v) is 2.96. The topological polar surface area (TPSA) is 43.4 Å². The lowest BCUT2D eigenvalue weighted by molar-refractivity contribution is -0.142. The average Bonchev–Trinajstić information content (AvgIpc) is 2.29. The normalized spacial score (nSPS) is 10.2. The molecule has 0 unspecified atom stereocenters. The third kappa shape index (κ3) is 4.26. The Hall–Kier alpha value is -1.16. The highest BCUT2D eigenvalue weighted by atomic mass is 79.9. The standard InChI is InChI=1S/C14H17BrO3/c1-3-18-14(17)9-11-4-5-12(10(2)8-11)13(16)6-7-15/h4-5,8H,3,6-7,9H2,1-2H3. The number of alkyl halides is 1. The van der Waals surface area contributed by atoms with Crippen molar-refractivity contribution in [2.75, 3.05) is 11.9 Å². The summed E-state index contributed by atoms with van der Waals surface area (Å²) in [5.41, 5.74) is 2.51. The van der Waals surface area contributed by atoms with Gasteiger partial charge in [-0.25, -0.2) is 0 Å². The number of carbonyl (C=O) groups is 2. The van der Waals surface area contributed by atoms with E-state index in [1.165, 1.54) is 0 Å². The van der Waals surface area contributed by atoms with Crippen LogP contribution in [0.2, 0.25) is 0 Å². The van der Waals surface area contributed by atoms with Crippen molar-refractivity contribution >= 4 is 27.7 Å². The minimum atomic E-state index is -0.239. The highest BCUT2D eigenvalue weighted by Gasteiger charge is 2.10. The SMILES string of the molecule is CCOC(=O)Cc1ccc(C(=O)CCBr)c(C)c1. The molecule has 0 amide bonds. The Morgan fingerprint density at radius 1 is 1.33 bits per heavy atom. The zero-order valence-corrected chi connectivity index (χ0v) is 12.2. The summed E-state index contributed by atoms with van der Waals surface area (Å²) in [5, 5.41) is 0.663. The van der Waals surface area contributed by atoms with Crippen molar-refractivity contribution < 1.29 is 14.3 Å². The molecular formula is C14H17BrO3. The van der Waals surface area contributed by atoms with Crippen LogP contribution in [0.15, 0.2) is 18.2 Å². The lowest BCUT2D eigenvalue weighted by Gasteiger charge is -2.07. The third-order valence-electron chi connectivity index (χ3n) is 2.57. The summed E-state index contributed by atoms with van der Waals surface area (Å²) in [6.07, 6.45) is 0.736. The number of Topliss-reactive ketones (excluding diaryl/α,β-unsaturated/α-hetero) is 1. The van der Waals surface area contributed by atoms with Crippen LogP contribution in [0.5, 0.6) is 0 Å². The smallest absolute Gasteiger partial charge is 0.310 e. The number of halogens is 1. The number of hydrogen-bond acceptors (Lipinski definition) is 3. The van der Waals surface area contributed by atoms with Gasteiger partial charge in [0.1, 0.15) is 0 Å². The van der Waals surface area contributed by atoms with Crippen LogP contribution in [-0.4, -0.2) is 23.7 Å². The van der Waals surface area contributed by atoms with Crippen molar-refractivity contribution in [3.63, 3.8) is 0 Å². The second kappa shape index (κ2) is 7.31. The molecule has 18 heavy (non-hydrogen) atoms. The van der Waals surface area contributed by atoms with Gasteiger partial charge in [0.2, 0.25) is 0 Å². The predicted molar refractivity (Wildman–Crippen MR) is 74.3 cm³/mol. The molecule has 0 saturated heterocycles. The fourth-order valence-corrected chi connectivity index (χ4v) is 2.11. The van der Waals surface area contributed by atoms with Crippen molar-refractivity contribution in [1.82, 2.24) is 0 Å². The maximum atomic E-state index is 11.8. The van der Waals surface area contributed by atoms with Crippen LogP contribution in [0.3, 0.4) is 0 Å². The van der Waals surface area contributed by atoms with E-state index in [1.54, 1.807) is 13.0 Å². The Morgan fingerprint density at radius 2 is 2.06 bits per heavy atom. The molecule has 0 spiro atoms. The summed E-state index contributed by atoms with van der Waals surface area (Å²) >= 11 is 3.25. The Labute approximate surface area is 116 Å². The van der Waals surface area contributed by atoms with Crippen molar-refractivity contribution in [2.24, 2.45) is 0 Å². The second-order valence-electron chi connectivity index (χ2n) is 3.99. The van der Waals surface area contributed by atoms with E-state index in [0.29, 0.717) is 18.4 Å². The van der Waals surface area contributed by atoms with Crippen molar-refractivity contribution in [3.05, 3.63) is 34.9 Å². The van der Waals surface area contributed by atoms with Crippen LogP contribution in [0, 0.1) is 6.92 Å². The monoisotopic (exact) mass is 312 g/mol. The summed E-state index contributed by atoms with van der Waals surface area (Å²) in [4.78, 5) is 23.1. The van der Waals surface area contributed by atoms with E-state index >= 15 is 0 Å². The van der Waals surface area contributed by atoms with Crippen molar-refractivity contribution in [3.8, 4) is 0 Å². The number of benzene rings is 1. The van der Waals surface area contributed by atoms with E-state index in [4.69, 9.17) is 4.74 Å². The fraction of sp³-hybridized carbons (Fsp3) is 0.429. The molecule has 0 aromatic heterocycles. The van der Waals surface area contributed by atoms with Gasteiger partial charge in [0.25, 0.3) is 0 Å². The number of rotatable bonds is 6. The van der Waals surface area contributed by atoms with Gasteiger partial charge in [-0.15, -0.1) is 0 Å². The molecule has 0 aliphatic heterocycles. The molecule has 0 N–H and O–H groups in total. The van der Waals surface area contributed by atoms with E-state index in [2.05, 4.69) is 15.9 Å². The molecule has 98 valence electrons. The molecule has 4 heteroatoms. The minimum absolute atomic E-state index is 0.118. The number of aryl methyl sites for hydroxylation is 1. The van der Waals surface area contributed by atoms with Gasteiger partial charge in [-0.2, -0.15) is 0 Å². The zero-order valence-electron chi connectivity index (χ0n) is 10.7. The van der Waals surface area contributed by atoms with Gasteiger partial charge in [-0.3, -0.25) is 9.59 Å². The van der Waals surface area contributed by atoms with E-state index in [9.17, 15) is 9.59 Å². The maximum absolute atomic E-state index is 11.8. The van der Waals surface area contributed by atoms with Gasteiger partial charge in [-0.05, 0) is 25.0 Å². The van der Waals surface area contributed by atoms with Gasteiger partial charge in [-0.1, -0.05) is 34.1 Å². The summed E-state index contributed by atoms with van der Waals surface area (Å²) in [7, 11) is 0. The lowest BCUT2D eigenvalue weighted by atomic mass is 9.99. The largest absolute Gasteiger partial charge is 0.466 e. The molecular weight excluding hydrogens is 296 g/mol. The number of hydrogen-bond donors (Lipinski definition) is 0.